The van der Waals surface area contributed by atoms with Gasteiger partial charge in [-0.1, -0.05) is 0 Å². The van der Waals surface area contributed by atoms with Crippen LogP contribution in [0.2, 0.25) is 0 Å². The zero-order valence-electron chi connectivity index (χ0n) is 10.7. The van der Waals surface area contributed by atoms with Gasteiger partial charge in [-0.2, -0.15) is 0 Å². The van der Waals surface area contributed by atoms with Crippen LogP contribution >= 0.6 is 0 Å². The second-order valence-corrected chi connectivity index (χ2v) is 5.68. The summed E-state index contributed by atoms with van der Waals surface area (Å²) in [5.41, 5.74) is 1.99. The molecule has 0 spiro atoms. The number of carbonyl (C=O) groups is 1. The van der Waals surface area contributed by atoms with Gasteiger partial charge in [0, 0.05) is 0 Å². The minimum absolute atomic E-state index is 0.109. The van der Waals surface area contributed by atoms with Crippen molar-refractivity contribution in [1.29, 1.82) is 0 Å². The standard InChI is InChI=1S/C12H10F2N2O4S/c1-7-9(4-5-20-7)12(17)15-16-21(18,19)11-6-8(13)2-3-10(11)14/h2-6,16H,1H3,(H,15,17). The lowest BCUT2D eigenvalue weighted by molar-refractivity contribution is 0.0943. The SMILES string of the molecule is Cc1occc1C(=O)NNS(=O)(=O)c1cc(F)ccc1F. The van der Waals surface area contributed by atoms with Gasteiger partial charge in [0.2, 0.25) is 0 Å². The molecule has 0 fully saturated rings. The minimum Gasteiger partial charge on any atom is -0.469 e. The summed E-state index contributed by atoms with van der Waals surface area (Å²) in [5, 5.41) is 0. The van der Waals surface area contributed by atoms with Crippen molar-refractivity contribution >= 4 is 15.9 Å². The van der Waals surface area contributed by atoms with Crippen molar-refractivity contribution in [2.75, 3.05) is 0 Å². The van der Waals surface area contributed by atoms with Gasteiger partial charge in [0.05, 0.1) is 11.8 Å². The molecule has 2 N–H and O–H groups in total. The van der Waals surface area contributed by atoms with Crippen molar-refractivity contribution < 1.29 is 26.4 Å². The molecule has 0 saturated carbocycles. The monoisotopic (exact) mass is 316 g/mol. The second kappa shape index (κ2) is 5.62. The molecule has 1 heterocycles. The molecule has 0 atom stereocenters. The van der Waals surface area contributed by atoms with Crippen molar-refractivity contribution in [2.45, 2.75) is 11.8 Å². The number of rotatable bonds is 4. The highest BCUT2D eigenvalue weighted by Gasteiger charge is 2.21. The molecular formula is C12H10F2N2O4S. The van der Waals surface area contributed by atoms with E-state index in [-0.39, 0.29) is 11.3 Å². The van der Waals surface area contributed by atoms with Crippen LogP contribution in [0.3, 0.4) is 0 Å². The van der Waals surface area contributed by atoms with E-state index in [2.05, 4.69) is 0 Å². The van der Waals surface area contributed by atoms with Crippen LogP contribution in [0.4, 0.5) is 8.78 Å². The van der Waals surface area contributed by atoms with E-state index in [1.54, 1.807) is 4.83 Å². The van der Waals surface area contributed by atoms with Gasteiger partial charge in [0.25, 0.3) is 15.9 Å². The Bertz CT molecular complexity index is 786. The number of furan rings is 1. The summed E-state index contributed by atoms with van der Waals surface area (Å²) in [4.78, 5) is 12.5. The molecule has 0 saturated heterocycles. The van der Waals surface area contributed by atoms with Crippen LogP contribution in [0.25, 0.3) is 0 Å². The quantitative estimate of drug-likeness (QED) is 0.837. The predicted octanol–water partition coefficient (Wildman–Crippen LogP) is 1.49. The predicted molar refractivity (Wildman–Crippen MR) is 67.6 cm³/mol. The largest absolute Gasteiger partial charge is 0.469 e. The first-order valence-electron chi connectivity index (χ1n) is 5.62. The molecule has 0 aliphatic heterocycles. The zero-order valence-corrected chi connectivity index (χ0v) is 11.5. The van der Waals surface area contributed by atoms with E-state index in [9.17, 15) is 22.0 Å². The molecule has 0 bridgehead atoms. The molecule has 2 aromatic rings. The van der Waals surface area contributed by atoms with Gasteiger partial charge in [-0.15, -0.1) is 4.83 Å². The fourth-order valence-corrected chi connectivity index (χ4v) is 2.47. The van der Waals surface area contributed by atoms with Crippen LogP contribution in [-0.2, 0) is 10.0 Å². The van der Waals surface area contributed by atoms with Crippen molar-refractivity contribution in [3.05, 3.63) is 53.5 Å². The van der Waals surface area contributed by atoms with E-state index in [0.29, 0.717) is 12.1 Å². The summed E-state index contributed by atoms with van der Waals surface area (Å²) >= 11 is 0. The molecule has 112 valence electrons. The highest BCUT2D eigenvalue weighted by atomic mass is 32.2. The second-order valence-electron chi connectivity index (χ2n) is 4.02. The number of halogens is 2. The van der Waals surface area contributed by atoms with E-state index in [4.69, 9.17) is 4.42 Å². The first-order chi connectivity index (χ1) is 9.81. The fraction of sp³-hybridized carbons (Fsp3) is 0.0833. The molecule has 9 heteroatoms. The first-order valence-corrected chi connectivity index (χ1v) is 7.11. The Kier molecular flexibility index (Phi) is 4.05. The van der Waals surface area contributed by atoms with Gasteiger partial charge >= 0.3 is 0 Å². The molecule has 2 rings (SSSR count). The van der Waals surface area contributed by atoms with Gasteiger partial charge in [0.1, 0.15) is 22.3 Å². The highest BCUT2D eigenvalue weighted by Crippen LogP contribution is 2.15. The fourth-order valence-electron chi connectivity index (χ4n) is 1.54. The van der Waals surface area contributed by atoms with Gasteiger partial charge in [0.15, 0.2) is 0 Å². The Labute approximate surface area is 118 Å². The highest BCUT2D eigenvalue weighted by molar-refractivity contribution is 7.89. The van der Waals surface area contributed by atoms with E-state index in [0.717, 1.165) is 6.07 Å². The maximum Gasteiger partial charge on any atom is 0.269 e. The lowest BCUT2D eigenvalue weighted by Gasteiger charge is -2.08. The number of aryl methyl sites for hydroxylation is 1. The van der Waals surface area contributed by atoms with Crippen molar-refractivity contribution in [1.82, 2.24) is 10.3 Å². The van der Waals surface area contributed by atoms with E-state index in [1.165, 1.54) is 19.3 Å². The first kappa shape index (κ1) is 15.1. The number of carbonyl (C=O) groups excluding carboxylic acids is 1. The molecule has 1 aromatic heterocycles. The van der Waals surface area contributed by atoms with E-state index >= 15 is 0 Å². The Morgan fingerprint density at radius 2 is 1.95 bits per heavy atom. The number of sulfonamides is 1. The lowest BCUT2D eigenvalue weighted by atomic mass is 10.2. The summed E-state index contributed by atoms with van der Waals surface area (Å²) < 4.78 is 54.9. The molecule has 21 heavy (non-hydrogen) atoms. The van der Waals surface area contributed by atoms with Crippen molar-refractivity contribution in [3.63, 3.8) is 0 Å². The summed E-state index contributed by atoms with van der Waals surface area (Å²) in [7, 11) is -4.44. The van der Waals surface area contributed by atoms with Crippen molar-refractivity contribution in [3.8, 4) is 0 Å². The number of hydrogen-bond acceptors (Lipinski definition) is 4. The molecule has 0 aliphatic rings. The minimum atomic E-state index is -4.44. The Balaban J connectivity index is 2.17. The third-order valence-corrected chi connectivity index (χ3v) is 3.85. The molecule has 0 unspecified atom stereocenters. The Morgan fingerprint density at radius 3 is 2.57 bits per heavy atom. The number of benzene rings is 1. The van der Waals surface area contributed by atoms with Crippen LogP contribution in [0.5, 0.6) is 0 Å². The van der Waals surface area contributed by atoms with E-state index in [1.807, 2.05) is 5.43 Å². The molecule has 1 amide bonds. The Morgan fingerprint density at radius 1 is 1.24 bits per heavy atom. The summed E-state index contributed by atoms with van der Waals surface area (Å²) in [5.74, 6) is -2.57. The molecule has 0 aliphatic carbocycles. The van der Waals surface area contributed by atoms with Gasteiger partial charge < -0.3 is 4.42 Å². The smallest absolute Gasteiger partial charge is 0.269 e. The van der Waals surface area contributed by atoms with Gasteiger partial charge in [-0.05, 0) is 31.2 Å². The number of nitrogens with one attached hydrogen (secondary N) is 2. The number of amides is 1. The van der Waals surface area contributed by atoms with Crippen LogP contribution in [0.1, 0.15) is 16.1 Å². The summed E-state index contributed by atoms with van der Waals surface area (Å²) in [6.45, 7) is 1.51. The van der Waals surface area contributed by atoms with Gasteiger partial charge in [-0.25, -0.2) is 17.2 Å². The van der Waals surface area contributed by atoms with Crippen LogP contribution in [0.15, 0.2) is 39.8 Å². The van der Waals surface area contributed by atoms with Crippen LogP contribution in [-0.4, -0.2) is 14.3 Å². The number of hydrazine groups is 1. The maximum absolute atomic E-state index is 13.4. The molecular weight excluding hydrogens is 306 g/mol. The number of hydrogen-bond donors (Lipinski definition) is 2. The average Bonchev–Trinajstić information content (AvgIpc) is 2.85. The zero-order chi connectivity index (χ0) is 15.6. The Hall–Kier alpha value is -2.26. The molecule has 6 nitrogen and oxygen atoms in total. The lowest BCUT2D eigenvalue weighted by Crippen LogP contribution is -2.41. The van der Waals surface area contributed by atoms with Crippen LogP contribution in [0, 0.1) is 18.6 Å². The van der Waals surface area contributed by atoms with Crippen LogP contribution < -0.4 is 10.3 Å². The molecule has 0 radical (unpaired) electrons. The topological polar surface area (TPSA) is 88.4 Å². The van der Waals surface area contributed by atoms with Gasteiger partial charge in [-0.3, -0.25) is 10.2 Å². The maximum atomic E-state index is 13.4. The summed E-state index contributed by atoms with van der Waals surface area (Å²) in [6.07, 6.45) is 1.25. The molecule has 1 aromatic carbocycles. The normalized spacial score (nSPS) is 11.4. The summed E-state index contributed by atoms with van der Waals surface area (Å²) in [6, 6.07) is 3.29. The average molecular weight is 316 g/mol. The third kappa shape index (κ3) is 3.26. The third-order valence-electron chi connectivity index (χ3n) is 2.59. The van der Waals surface area contributed by atoms with E-state index < -0.39 is 32.5 Å². The van der Waals surface area contributed by atoms with Crippen molar-refractivity contribution in [2.24, 2.45) is 0 Å².